The normalized spacial score (nSPS) is 14.8. The number of fused-ring (bicyclic) bond motifs is 1. The number of anilines is 2. The number of H-pyrrole nitrogens is 1. The van der Waals surface area contributed by atoms with Crippen LogP contribution in [-0.4, -0.2) is 36.1 Å². The van der Waals surface area contributed by atoms with Crippen LogP contribution in [0.4, 0.5) is 11.6 Å². The number of aromatic nitrogens is 2. The van der Waals surface area contributed by atoms with E-state index in [0.29, 0.717) is 5.39 Å². The second kappa shape index (κ2) is 9.06. The first-order chi connectivity index (χ1) is 12.7. The van der Waals surface area contributed by atoms with Crippen LogP contribution in [0.1, 0.15) is 58.8 Å². The van der Waals surface area contributed by atoms with Gasteiger partial charge in [0.25, 0.3) is 5.56 Å². The summed E-state index contributed by atoms with van der Waals surface area (Å²) in [4.78, 5) is 25.0. The van der Waals surface area contributed by atoms with Gasteiger partial charge in [-0.1, -0.05) is 26.7 Å². The molecule has 0 saturated carbocycles. The maximum atomic E-state index is 12.5. The third-order valence-electron chi connectivity index (χ3n) is 5.26. The lowest BCUT2D eigenvalue weighted by Gasteiger charge is -2.27. The molecule has 1 saturated heterocycles. The molecule has 1 aliphatic rings. The molecule has 3 rings (SSSR count). The molecule has 142 valence electrons. The molecule has 2 heterocycles. The molecule has 1 fully saturated rings. The second-order valence-electron chi connectivity index (χ2n) is 7.33. The van der Waals surface area contributed by atoms with Gasteiger partial charge in [-0.2, -0.15) is 0 Å². The molecule has 2 aromatic rings. The van der Waals surface area contributed by atoms with Crippen molar-refractivity contribution in [3.63, 3.8) is 0 Å². The molecule has 0 unspecified atom stereocenters. The Morgan fingerprint density at radius 2 is 1.77 bits per heavy atom. The minimum absolute atomic E-state index is 0.0317. The van der Waals surface area contributed by atoms with Crippen LogP contribution < -0.4 is 15.4 Å². The van der Waals surface area contributed by atoms with Gasteiger partial charge in [-0.3, -0.25) is 9.78 Å². The molecule has 1 aliphatic heterocycles. The predicted molar refractivity (Wildman–Crippen MR) is 110 cm³/mol. The molecule has 5 nitrogen and oxygen atoms in total. The fourth-order valence-corrected chi connectivity index (χ4v) is 3.64. The number of nitrogens with zero attached hydrogens (tertiary/aromatic N) is 3. The fourth-order valence-electron chi connectivity index (χ4n) is 3.64. The predicted octanol–water partition coefficient (Wildman–Crippen LogP) is 4.32. The molecule has 1 aromatic heterocycles. The van der Waals surface area contributed by atoms with Crippen LogP contribution in [0, 0.1) is 0 Å². The highest BCUT2D eigenvalue weighted by molar-refractivity contribution is 5.82. The summed E-state index contributed by atoms with van der Waals surface area (Å²) in [6, 6.07) is 6.11. The molecule has 1 aromatic carbocycles. The van der Waals surface area contributed by atoms with E-state index < -0.39 is 0 Å². The minimum Gasteiger partial charge on any atom is -0.371 e. The van der Waals surface area contributed by atoms with Gasteiger partial charge in [0.15, 0.2) is 0 Å². The van der Waals surface area contributed by atoms with E-state index in [1.165, 1.54) is 50.6 Å². The molecular formula is C21H32N4O. The van der Waals surface area contributed by atoms with E-state index in [0.717, 1.165) is 37.6 Å². The number of hydrogen-bond donors (Lipinski definition) is 1. The van der Waals surface area contributed by atoms with Gasteiger partial charge in [0, 0.05) is 31.9 Å². The summed E-state index contributed by atoms with van der Waals surface area (Å²) in [7, 11) is 0. The van der Waals surface area contributed by atoms with E-state index in [9.17, 15) is 4.79 Å². The topological polar surface area (TPSA) is 52.2 Å². The molecule has 0 amide bonds. The second-order valence-corrected chi connectivity index (χ2v) is 7.33. The standard InChI is InChI=1S/C21H32N4O/c1-3-5-12-24(13-6-4-2)17-10-11-18-19(16-17)22-21(23-20(18)26)25-14-8-7-9-15-25/h10-11,16H,3-9,12-15H2,1-2H3,(H,22,23,26). The Bertz CT molecular complexity index is 756. The summed E-state index contributed by atoms with van der Waals surface area (Å²) in [5.74, 6) is 0.730. The zero-order valence-corrected chi connectivity index (χ0v) is 16.3. The maximum absolute atomic E-state index is 12.5. The van der Waals surface area contributed by atoms with Gasteiger partial charge in [0.05, 0.1) is 10.9 Å². The SMILES string of the molecule is CCCCN(CCCC)c1ccc2c(=O)[nH]c(N3CCCCC3)nc2c1. The van der Waals surface area contributed by atoms with Crippen LogP contribution in [0.3, 0.4) is 0 Å². The molecule has 0 spiro atoms. The Hall–Kier alpha value is -2.04. The van der Waals surface area contributed by atoms with Crippen molar-refractivity contribution in [2.45, 2.75) is 58.8 Å². The summed E-state index contributed by atoms with van der Waals surface area (Å²) < 4.78 is 0. The summed E-state index contributed by atoms with van der Waals surface area (Å²) in [5.41, 5.74) is 1.96. The van der Waals surface area contributed by atoms with E-state index in [2.05, 4.69) is 40.8 Å². The largest absolute Gasteiger partial charge is 0.371 e. The summed E-state index contributed by atoms with van der Waals surface area (Å²) in [5, 5.41) is 0.681. The summed E-state index contributed by atoms with van der Waals surface area (Å²) in [6.45, 7) is 8.53. The van der Waals surface area contributed by atoms with E-state index in [-0.39, 0.29) is 5.56 Å². The van der Waals surface area contributed by atoms with E-state index in [1.54, 1.807) is 0 Å². The van der Waals surface area contributed by atoms with E-state index >= 15 is 0 Å². The monoisotopic (exact) mass is 356 g/mol. The third-order valence-corrected chi connectivity index (χ3v) is 5.26. The molecule has 5 heteroatoms. The van der Waals surface area contributed by atoms with Crippen LogP contribution in [0.5, 0.6) is 0 Å². The number of hydrogen-bond acceptors (Lipinski definition) is 4. The van der Waals surface area contributed by atoms with Crippen molar-refractivity contribution in [1.82, 2.24) is 9.97 Å². The average molecular weight is 357 g/mol. The van der Waals surface area contributed by atoms with Crippen molar-refractivity contribution in [3.05, 3.63) is 28.6 Å². The van der Waals surface area contributed by atoms with Crippen LogP contribution in [-0.2, 0) is 0 Å². The Morgan fingerprint density at radius 3 is 2.42 bits per heavy atom. The molecule has 26 heavy (non-hydrogen) atoms. The van der Waals surface area contributed by atoms with Gasteiger partial charge < -0.3 is 9.80 Å². The van der Waals surface area contributed by atoms with Gasteiger partial charge in [-0.15, -0.1) is 0 Å². The number of piperidine rings is 1. The summed E-state index contributed by atoms with van der Waals surface area (Å²) in [6.07, 6.45) is 8.35. The minimum atomic E-state index is -0.0317. The Balaban J connectivity index is 1.92. The quantitative estimate of drug-likeness (QED) is 0.765. The number of unbranched alkanes of at least 4 members (excludes halogenated alkanes) is 2. The molecular weight excluding hydrogens is 324 g/mol. The number of rotatable bonds is 8. The van der Waals surface area contributed by atoms with Crippen molar-refractivity contribution in [3.8, 4) is 0 Å². The van der Waals surface area contributed by atoms with Crippen LogP contribution in [0.15, 0.2) is 23.0 Å². The first-order valence-corrected chi connectivity index (χ1v) is 10.3. The Labute approximate surface area is 156 Å². The first kappa shape index (κ1) is 18.7. The number of nitrogens with one attached hydrogen (secondary N) is 1. The lowest BCUT2D eigenvalue weighted by atomic mass is 10.1. The van der Waals surface area contributed by atoms with Gasteiger partial charge in [0.1, 0.15) is 0 Å². The zero-order valence-electron chi connectivity index (χ0n) is 16.3. The van der Waals surface area contributed by atoms with Crippen LogP contribution in [0.25, 0.3) is 10.9 Å². The van der Waals surface area contributed by atoms with Crippen molar-refractivity contribution in [2.24, 2.45) is 0 Å². The third kappa shape index (κ3) is 4.37. The highest BCUT2D eigenvalue weighted by Crippen LogP contribution is 2.22. The van der Waals surface area contributed by atoms with Crippen molar-refractivity contribution in [2.75, 3.05) is 36.0 Å². The fraction of sp³-hybridized carbons (Fsp3) is 0.619. The highest BCUT2D eigenvalue weighted by atomic mass is 16.1. The summed E-state index contributed by atoms with van der Waals surface area (Å²) >= 11 is 0. The molecule has 0 aliphatic carbocycles. The molecule has 0 atom stereocenters. The van der Waals surface area contributed by atoms with Crippen molar-refractivity contribution in [1.29, 1.82) is 0 Å². The van der Waals surface area contributed by atoms with Gasteiger partial charge >= 0.3 is 0 Å². The van der Waals surface area contributed by atoms with E-state index in [4.69, 9.17) is 4.98 Å². The van der Waals surface area contributed by atoms with Crippen molar-refractivity contribution >= 4 is 22.5 Å². The van der Waals surface area contributed by atoms with Gasteiger partial charge in [-0.05, 0) is 50.3 Å². The average Bonchev–Trinajstić information content (AvgIpc) is 2.68. The highest BCUT2D eigenvalue weighted by Gasteiger charge is 2.15. The zero-order chi connectivity index (χ0) is 18.4. The van der Waals surface area contributed by atoms with Gasteiger partial charge in [-0.25, -0.2) is 4.98 Å². The van der Waals surface area contributed by atoms with Crippen LogP contribution >= 0.6 is 0 Å². The lowest BCUT2D eigenvalue weighted by Crippen LogP contribution is -2.32. The Kier molecular flexibility index (Phi) is 6.53. The Morgan fingerprint density at radius 1 is 1.08 bits per heavy atom. The number of aromatic amines is 1. The van der Waals surface area contributed by atoms with Gasteiger partial charge in [0.2, 0.25) is 5.95 Å². The molecule has 1 N–H and O–H groups in total. The first-order valence-electron chi connectivity index (χ1n) is 10.3. The van der Waals surface area contributed by atoms with Crippen molar-refractivity contribution < 1.29 is 0 Å². The smallest absolute Gasteiger partial charge is 0.260 e. The van der Waals surface area contributed by atoms with Crippen LogP contribution in [0.2, 0.25) is 0 Å². The molecule has 0 radical (unpaired) electrons. The lowest BCUT2D eigenvalue weighted by molar-refractivity contribution is 0.568. The molecule has 0 bridgehead atoms. The number of benzene rings is 1. The van der Waals surface area contributed by atoms with E-state index in [1.807, 2.05) is 6.07 Å². The maximum Gasteiger partial charge on any atom is 0.260 e.